The molecular formula is C16H16N4O3S2. The lowest BCUT2D eigenvalue weighted by molar-refractivity contribution is -0.115. The molecule has 2 aromatic heterocycles. The van der Waals surface area contributed by atoms with Crippen LogP contribution < -0.4 is 10.5 Å². The fourth-order valence-electron chi connectivity index (χ4n) is 2.19. The number of pyridine rings is 1. The number of sulfonamides is 1. The number of nitrogens with two attached hydrogens (primary N) is 1. The Morgan fingerprint density at radius 1 is 1.24 bits per heavy atom. The second kappa shape index (κ2) is 6.87. The summed E-state index contributed by atoms with van der Waals surface area (Å²) in [6.07, 6.45) is 3.64. The number of nitrogens with zero attached hydrogens (tertiary/aromatic N) is 2. The Morgan fingerprint density at radius 3 is 2.64 bits per heavy atom. The quantitative estimate of drug-likeness (QED) is 0.663. The summed E-state index contributed by atoms with van der Waals surface area (Å²) in [5.74, 6) is -0.207. The van der Waals surface area contributed by atoms with Gasteiger partial charge in [-0.25, -0.2) is 18.5 Å². The van der Waals surface area contributed by atoms with E-state index < -0.39 is 10.0 Å². The maximum absolute atomic E-state index is 12.3. The first-order chi connectivity index (χ1) is 11.8. The van der Waals surface area contributed by atoms with Crippen molar-refractivity contribution in [2.75, 3.05) is 5.32 Å². The van der Waals surface area contributed by atoms with E-state index in [0.717, 1.165) is 10.7 Å². The number of hydrogen-bond donors (Lipinski definition) is 2. The van der Waals surface area contributed by atoms with Crippen molar-refractivity contribution in [3.63, 3.8) is 0 Å². The van der Waals surface area contributed by atoms with Crippen molar-refractivity contribution < 1.29 is 13.2 Å². The molecule has 0 saturated heterocycles. The van der Waals surface area contributed by atoms with Crippen LogP contribution in [0.3, 0.4) is 0 Å². The zero-order chi connectivity index (χ0) is 18.0. The number of carbonyl (C=O) groups excluding carboxylic acids is 1. The molecule has 2 heterocycles. The van der Waals surface area contributed by atoms with Crippen LogP contribution >= 0.6 is 11.8 Å². The Labute approximate surface area is 149 Å². The van der Waals surface area contributed by atoms with Crippen molar-refractivity contribution in [1.29, 1.82) is 0 Å². The average molecular weight is 376 g/mol. The highest BCUT2D eigenvalue weighted by Gasteiger charge is 2.17. The molecule has 0 aliphatic carbocycles. The van der Waals surface area contributed by atoms with Crippen LogP contribution in [0.15, 0.2) is 64.9 Å². The van der Waals surface area contributed by atoms with Crippen molar-refractivity contribution >= 4 is 38.9 Å². The molecule has 0 fully saturated rings. The summed E-state index contributed by atoms with van der Waals surface area (Å²) in [7, 11) is -3.75. The molecule has 1 unspecified atom stereocenters. The summed E-state index contributed by atoms with van der Waals surface area (Å²) in [6.45, 7) is 1.78. The predicted octanol–water partition coefficient (Wildman–Crippen LogP) is 2.10. The van der Waals surface area contributed by atoms with Crippen LogP contribution in [0.4, 0.5) is 5.69 Å². The maximum Gasteiger partial charge on any atom is 0.238 e. The normalized spacial score (nSPS) is 12.9. The van der Waals surface area contributed by atoms with Gasteiger partial charge in [0, 0.05) is 11.9 Å². The molecule has 3 rings (SSSR count). The summed E-state index contributed by atoms with van der Waals surface area (Å²) in [6, 6.07) is 11.5. The van der Waals surface area contributed by atoms with Gasteiger partial charge in [-0.3, -0.25) is 9.20 Å². The zero-order valence-electron chi connectivity index (χ0n) is 13.3. The van der Waals surface area contributed by atoms with E-state index in [9.17, 15) is 13.2 Å². The molecule has 0 aliphatic rings. The third kappa shape index (κ3) is 4.01. The minimum Gasteiger partial charge on any atom is -0.325 e. The lowest BCUT2D eigenvalue weighted by atomic mass is 10.3. The topological polar surface area (TPSA) is 107 Å². The van der Waals surface area contributed by atoms with E-state index in [-0.39, 0.29) is 16.1 Å². The van der Waals surface area contributed by atoms with Crippen LogP contribution in [-0.2, 0) is 14.8 Å². The lowest BCUT2D eigenvalue weighted by Gasteiger charge is -2.11. The van der Waals surface area contributed by atoms with Crippen molar-refractivity contribution in [2.45, 2.75) is 22.2 Å². The van der Waals surface area contributed by atoms with Gasteiger partial charge in [0.1, 0.15) is 0 Å². The molecular weight excluding hydrogens is 360 g/mol. The molecule has 9 heteroatoms. The van der Waals surface area contributed by atoms with Crippen LogP contribution in [0, 0.1) is 0 Å². The van der Waals surface area contributed by atoms with Gasteiger partial charge in [-0.15, -0.1) is 0 Å². The minimum absolute atomic E-state index is 0.00298. The molecule has 0 saturated carbocycles. The lowest BCUT2D eigenvalue weighted by Crippen LogP contribution is -2.22. The first-order valence-electron chi connectivity index (χ1n) is 7.37. The molecule has 1 aromatic carbocycles. The van der Waals surface area contributed by atoms with Gasteiger partial charge in [0.2, 0.25) is 15.9 Å². The number of primary sulfonamides is 1. The molecule has 3 N–H and O–H groups in total. The molecule has 3 aromatic rings. The van der Waals surface area contributed by atoms with Gasteiger partial charge >= 0.3 is 0 Å². The number of amides is 1. The number of imidazole rings is 1. The molecule has 130 valence electrons. The molecule has 25 heavy (non-hydrogen) atoms. The molecule has 1 amide bonds. The molecule has 0 spiro atoms. The van der Waals surface area contributed by atoms with Crippen LogP contribution in [0.5, 0.6) is 0 Å². The van der Waals surface area contributed by atoms with Crippen molar-refractivity contribution in [2.24, 2.45) is 5.14 Å². The second-order valence-electron chi connectivity index (χ2n) is 5.35. The molecule has 0 bridgehead atoms. The van der Waals surface area contributed by atoms with Gasteiger partial charge in [0.05, 0.1) is 21.9 Å². The smallest absolute Gasteiger partial charge is 0.238 e. The Hall–Kier alpha value is -2.36. The summed E-state index contributed by atoms with van der Waals surface area (Å²) in [5, 5.41) is 8.14. The van der Waals surface area contributed by atoms with Gasteiger partial charge in [-0.05, 0) is 43.3 Å². The highest BCUT2D eigenvalue weighted by Crippen LogP contribution is 2.24. The molecule has 1 atom stereocenters. The van der Waals surface area contributed by atoms with E-state index in [1.807, 2.05) is 28.8 Å². The molecule has 7 nitrogen and oxygen atoms in total. The highest BCUT2D eigenvalue weighted by atomic mass is 32.2. The van der Waals surface area contributed by atoms with E-state index in [2.05, 4.69) is 10.3 Å². The van der Waals surface area contributed by atoms with Crippen molar-refractivity contribution in [1.82, 2.24) is 9.38 Å². The fraction of sp³-hybridized carbons (Fsp3) is 0.125. The Kier molecular flexibility index (Phi) is 4.80. The largest absolute Gasteiger partial charge is 0.325 e. The van der Waals surface area contributed by atoms with Crippen LogP contribution in [0.2, 0.25) is 0 Å². The Morgan fingerprint density at radius 2 is 1.96 bits per heavy atom. The van der Waals surface area contributed by atoms with Crippen LogP contribution in [-0.4, -0.2) is 29.0 Å². The Bertz CT molecular complexity index is 1010. The van der Waals surface area contributed by atoms with Gasteiger partial charge in [0.15, 0.2) is 5.16 Å². The standard InChI is InChI=1S/C16H16N4O3S2/c1-11(24-16-18-10-13-4-2-3-9-20(13)16)15(21)19-12-5-7-14(8-6-12)25(17,22)23/h2-11H,1H3,(H,19,21)(H2,17,22,23). The summed E-state index contributed by atoms with van der Waals surface area (Å²) < 4.78 is 24.4. The van der Waals surface area contributed by atoms with E-state index in [1.165, 1.54) is 36.0 Å². The second-order valence-corrected chi connectivity index (χ2v) is 8.22. The number of anilines is 1. The third-order valence-electron chi connectivity index (χ3n) is 3.51. The van der Waals surface area contributed by atoms with E-state index in [0.29, 0.717) is 5.69 Å². The van der Waals surface area contributed by atoms with E-state index in [1.54, 1.807) is 13.1 Å². The SMILES string of the molecule is CC(Sc1ncc2ccccn12)C(=O)Nc1ccc(S(N)(=O)=O)cc1. The summed E-state index contributed by atoms with van der Waals surface area (Å²) >= 11 is 1.34. The highest BCUT2D eigenvalue weighted by molar-refractivity contribution is 8.00. The number of thioether (sulfide) groups is 1. The van der Waals surface area contributed by atoms with Gasteiger partial charge in [0.25, 0.3) is 0 Å². The number of fused-ring (bicyclic) bond motifs is 1. The number of nitrogens with one attached hydrogen (secondary N) is 1. The predicted molar refractivity (Wildman–Crippen MR) is 97.0 cm³/mol. The van der Waals surface area contributed by atoms with Crippen LogP contribution in [0.25, 0.3) is 5.52 Å². The fourth-order valence-corrected chi connectivity index (χ4v) is 3.58. The first-order valence-corrected chi connectivity index (χ1v) is 9.80. The maximum atomic E-state index is 12.3. The number of benzene rings is 1. The Balaban J connectivity index is 1.68. The monoisotopic (exact) mass is 376 g/mol. The average Bonchev–Trinajstić information content (AvgIpc) is 2.97. The van der Waals surface area contributed by atoms with Crippen molar-refractivity contribution in [3.8, 4) is 0 Å². The van der Waals surface area contributed by atoms with Gasteiger partial charge in [-0.2, -0.15) is 0 Å². The number of hydrogen-bond acceptors (Lipinski definition) is 5. The van der Waals surface area contributed by atoms with Gasteiger partial charge in [-0.1, -0.05) is 17.8 Å². The third-order valence-corrected chi connectivity index (χ3v) is 5.52. The molecule has 0 radical (unpaired) electrons. The minimum atomic E-state index is -3.75. The number of carbonyl (C=O) groups is 1. The van der Waals surface area contributed by atoms with E-state index in [4.69, 9.17) is 5.14 Å². The zero-order valence-corrected chi connectivity index (χ0v) is 14.9. The number of rotatable bonds is 5. The summed E-state index contributed by atoms with van der Waals surface area (Å²) in [4.78, 5) is 16.7. The van der Waals surface area contributed by atoms with Gasteiger partial charge < -0.3 is 5.32 Å². The first kappa shape index (κ1) is 17.5. The molecule has 0 aliphatic heterocycles. The van der Waals surface area contributed by atoms with Crippen molar-refractivity contribution in [3.05, 3.63) is 54.9 Å². The van der Waals surface area contributed by atoms with E-state index >= 15 is 0 Å². The number of aromatic nitrogens is 2. The van der Waals surface area contributed by atoms with Crippen LogP contribution in [0.1, 0.15) is 6.92 Å². The summed E-state index contributed by atoms with van der Waals surface area (Å²) in [5.41, 5.74) is 1.45.